The first-order valence-electron chi connectivity index (χ1n) is 6.69. The van der Waals surface area contributed by atoms with E-state index in [2.05, 4.69) is 20.3 Å². The van der Waals surface area contributed by atoms with Gasteiger partial charge in [0.05, 0.1) is 12.9 Å². The first-order chi connectivity index (χ1) is 10.6. The molecular formula is C12H17N5O4S. The molecule has 0 amide bonds. The molecule has 120 valence electrons. The molecule has 3 rings (SSSR count). The van der Waals surface area contributed by atoms with Gasteiger partial charge in [-0.15, -0.1) is 0 Å². The molecule has 3 heterocycles. The van der Waals surface area contributed by atoms with E-state index < -0.39 is 24.5 Å². The molecule has 1 fully saturated rings. The molecule has 1 saturated heterocycles. The number of hydrogen-bond acceptors (Lipinski definition) is 9. The minimum Gasteiger partial charge on any atom is -0.394 e. The van der Waals surface area contributed by atoms with Crippen molar-refractivity contribution in [3.05, 3.63) is 6.33 Å². The van der Waals surface area contributed by atoms with Gasteiger partial charge in [0.1, 0.15) is 18.3 Å². The van der Waals surface area contributed by atoms with Gasteiger partial charge in [-0.05, 0) is 6.26 Å². The highest BCUT2D eigenvalue weighted by Gasteiger charge is 2.44. The Morgan fingerprint density at radius 1 is 1.36 bits per heavy atom. The summed E-state index contributed by atoms with van der Waals surface area (Å²) >= 11 is 1.38. The van der Waals surface area contributed by atoms with Gasteiger partial charge in [-0.3, -0.25) is 4.57 Å². The average Bonchev–Trinajstić information content (AvgIpc) is 3.08. The molecule has 0 bridgehead atoms. The Labute approximate surface area is 130 Å². The van der Waals surface area contributed by atoms with Gasteiger partial charge in [-0.2, -0.15) is 0 Å². The van der Waals surface area contributed by atoms with Crippen molar-refractivity contribution in [1.82, 2.24) is 19.5 Å². The van der Waals surface area contributed by atoms with Crippen molar-refractivity contribution in [3.8, 4) is 0 Å². The highest BCUT2D eigenvalue weighted by atomic mass is 32.2. The number of aliphatic hydroxyl groups is 3. The van der Waals surface area contributed by atoms with Crippen LogP contribution in [0.25, 0.3) is 11.2 Å². The van der Waals surface area contributed by atoms with Crippen LogP contribution >= 0.6 is 11.8 Å². The van der Waals surface area contributed by atoms with Crippen molar-refractivity contribution >= 4 is 28.7 Å². The van der Waals surface area contributed by atoms with E-state index in [1.54, 1.807) is 11.6 Å². The third-order valence-electron chi connectivity index (χ3n) is 3.61. The third kappa shape index (κ3) is 2.32. The zero-order chi connectivity index (χ0) is 15.9. The lowest BCUT2D eigenvalue weighted by Gasteiger charge is -2.16. The Balaban J connectivity index is 2.08. The fraction of sp³-hybridized carbons (Fsp3) is 0.583. The summed E-state index contributed by atoms with van der Waals surface area (Å²) in [5.41, 5.74) is 1.02. The lowest BCUT2D eigenvalue weighted by molar-refractivity contribution is -0.0511. The van der Waals surface area contributed by atoms with Crippen LogP contribution in [0.4, 0.5) is 5.82 Å². The fourth-order valence-electron chi connectivity index (χ4n) is 2.46. The quantitative estimate of drug-likeness (QED) is 0.422. The summed E-state index contributed by atoms with van der Waals surface area (Å²) in [5, 5.41) is 32.7. The summed E-state index contributed by atoms with van der Waals surface area (Å²) in [6.07, 6.45) is -0.730. The Morgan fingerprint density at radius 2 is 2.14 bits per heavy atom. The SMILES string of the molecule is CNc1nc(SC)nc2c1ncn2C1OC(CO)C(O)C1O. The summed E-state index contributed by atoms with van der Waals surface area (Å²) in [5.74, 6) is 0.569. The standard InChI is InChI=1S/C12H17N5O4S/c1-13-9-6-10(16-12(15-9)22-2)17(4-14-6)11-8(20)7(19)5(3-18)21-11/h4-5,7-8,11,18-20H,3H2,1-2H3,(H,13,15,16). The molecule has 0 saturated carbocycles. The number of anilines is 1. The number of hydrogen-bond donors (Lipinski definition) is 4. The molecule has 0 radical (unpaired) electrons. The smallest absolute Gasteiger partial charge is 0.191 e. The van der Waals surface area contributed by atoms with Crippen LogP contribution in [0, 0.1) is 0 Å². The van der Waals surface area contributed by atoms with Crippen molar-refractivity contribution in [2.75, 3.05) is 25.2 Å². The van der Waals surface area contributed by atoms with E-state index in [4.69, 9.17) is 4.74 Å². The summed E-state index contributed by atoms with van der Waals surface area (Å²) in [4.78, 5) is 13.0. The molecule has 22 heavy (non-hydrogen) atoms. The summed E-state index contributed by atoms with van der Waals surface area (Å²) in [7, 11) is 1.73. The average molecular weight is 327 g/mol. The van der Waals surface area contributed by atoms with Gasteiger partial charge in [0.15, 0.2) is 28.4 Å². The van der Waals surface area contributed by atoms with Crippen molar-refractivity contribution in [1.29, 1.82) is 0 Å². The normalized spacial score (nSPS) is 28.4. The number of thioether (sulfide) groups is 1. The van der Waals surface area contributed by atoms with Crippen molar-refractivity contribution in [3.63, 3.8) is 0 Å². The molecule has 4 atom stereocenters. The van der Waals surface area contributed by atoms with E-state index in [1.807, 2.05) is 6.26 Å². The Hall–Kier alpha value is -1.46. The molecule has 0 aromatic carbocycles. The lowest BCUT2D eigenvalue weighted by Crippen LogP contribution is -2.33. The highest BCUT2D eigenvalue weighted by Crippen LogP contribution is 2.32. The second kappa shape index (κ2) is 5.97. The second-order valence-corrected chi connectivity index (χ2v) is 5.64. The molecule has 2 aromatic rings. The van der Waals surface area contributed by atoms with Crippen molar-refractivity contribution in [2.24, 2.45) is 0 Å². The Bertz CT molecular complexity index is 681. The number of aromatic nitrogens is 4. The molecule has 0 aliphatic carbocycles. The number of nitrogens with one attached hydrogen (secondary N) is 1. The van der Waals surface area contributed by atoms with Crippen LogP contribution in [0.2, 0.25) is 0 Å². The molecule has 1 aliphatic rings. The van der Waals surface area contributed by atoms with Crippen LogP contribution in [0.15, 0.2) is 11.5 Å². The topological polar surface area (TPSA) is 126 Å². The summed E-state index contributed by atoms with van der Waals surface area (Å²) < 4.78 is 7.06. The molecule has 1 aliphatic heterocycles. The van der Waals surface area contributed by atoms with E-state index in [-0.39, 0.29) is 6.61 Å². The third-order valence-corrected chi connectivity index (χ3v) is 4.16. The monoisotopic (exact) mass is 327 g/mol. The maximum atomic E-state index is 10.1. The first kappa shape index (κ1) is 15.4. The Morgan fingerprint density at radius 3 is 2.73 bits per heavy atom. The van der Waals surface area contributed by atoms with Gasteiger partial charge in [0.2, 0.25) is 0 Å². The predicted molar refractivity (Wildman–Crippen MR) is 79.7 cm³/mol. The van der Waals surface area contributed by atoms with Crippen LogP contribution in [0.3, 0.4) is 0 Å². The van der Waals surface area contributed by atoms with Gasteiger partial charge in [-0.1, -0.05) is 11.8 Å². The van der Waals surface area contributed by atoms with Crippen LogP contribution in [-0.2, 0) is 4.74 Å². The van der Waals surface area contributed by atoms with E-state index in [0.717, 1.165) is 0 Å². The minimum absolute atomic E-state index is 0.381. The molecule has 4 unspecified atom stereocenters. The highest BCUT2D eigenvalue weighted by molar-refractivity contribution is 7.98. The second-order valence-electron chi connectivity index (χ2n) is 4.86. The van der Waals surface area contributed by atoms with E-state index in [1.165, 1.54) is 18.1 Å². The number of fused-ring (bicyclic) bond motifs is 1. The van der Waals surface area contributed by atoms with Crippen LogP contribution in [-0.4, -0.2) is 73.1 Å². The fourth-order valence-corrected chi connectivity index (χ4v) is 2.82. The van der Waals surface area contributed by atoms with Gasteiger partial charge in [0.25, 0.3) is 0 Å². The minimum atomic E-state index is -1.18. The van der Waals surface area contributed by atoms with Gasteiger partial charge in [0, 0.05) is 7.05 Å². The largest absolute Gasteiger partial charge is 0.394 e. The van der Waals surface area contributed by atoms with Crippen LogP contribution in [0.5, 0.6) is 0 Å². The van der Waals surface area contributed by atoms with Crippen molar-refractivity contribution < 1.29 is 20.1 Å². The zero-order valence-electron chi connectivity index (χ0n) is 12.0. The number of aliphatic hydroxyl groups excluding tert-OH is 3. The predicted octanol–water partition coefficient (Wildman–Crippen LogP) is -0.799. The van der Waals surface area contributed by atoms with E-state index in [0.29, 0.717) is 22.1 Å². The van der Waals surface area contributed by atoms with Crippen LogP contribution < -0.4 is 5.32 Å². The zero-order valence-corrected chi connectivity index (χ0v) is 12.9. The molecule has 0 spiro atoms. The number of rotatable bonds is 4. The molecular weight excluding hydrogens is 310 g/mol. The molecule has 4 N–H and O–H groups in total. The molecule has 9 nitrogen and oxygen atoms in total. The molecule has 2 aromatic heterocycles. The van der Waals surface area contributed by atoms with Gasteiger partial charge in [-0.25, -0.2) is 15.0 Å². The molecule has 10 heteroatoms. The maximum absolute atomic E-state index is 10.1. The number of imidazole rings is 1. The lowest BCUT2D eigenvalue weighted by atomic mass is 10.1. The Kier molecular flexibility index (Phi) is 4.19. The maximum Gasteiger partial charge on any atom is 0.191 e. The summed E-state index contributed by atoms with van der Waals surface area (Å²) in [6.45, 7) is -0.381. The number of ether oxygens (including phenoxy) is 1. The summed E-state index contributed by atoms with van der Waals surface area (Å²) in [6, 6.07) is 0. The first-order valence-corrected chi connectivity index (χ1v) is 7.92. The van der Waals surface area contributed by atoms with Gasteiger partial charge < -0.3 is 25.4 Å². The van der Waals surface area contributed by atoms with Gasteiger partial charge >= 0.3 is 0 Å². The van der Waals surface area contributed by atoms with E-state index >= 15 is 0 Å². The van der Waals surface area contributed by atoms with Crippen molar-refractivity contribution in [2.45, 2.75) is 29.7 Å². The number of nitrogens with zero attached hydrogens (tertiary/aromatic N) is 4. The van der Waals surface area contributed by atoms with Crippen LogP contribution in [0.1, 0.15) is 6.23 Å². The van der Waals surface area contributed by atoms with E-state index in [9.17, 15) is 15.3 Å².